The predicted octanol–water partition coefficient (Wildman–Crippen LogP) is 6.92. The van der Waals surface area contributed by atoms with Crippen LogP contribution in [-0.2, 0) is 18.3 Å². The number of nitrogens with zero attached hydrogens (tertiary/aromatic N) is 3. The van der Waals surface area contributed by atoms with E-state index in [0.29, 0.717) is 6.42 Å². The molecule has 5 aromatic rings. The second kappa shape index (κ2) is 9.82. The number of allylic oxidation sites excluding steroid dienone is 2. The van der Waals surface area contributed by atoms with Crippen molar-refractivity contribution in [3.63, 3.8) is 0 Å². The van der Waals surface area contributed by atoms with Gasteiger partial charge in [-0.2, -0.15) is 0 Å². The fraction of sp³-hybridized carbons (Fsp3) is 0.156. The number of benzene rings is 2. The standard InChI is InChI=1S/C32H25ClF2N4O2/c1-16-11-19-15-25(32(41)20-13-22(34)29(23(35)14-20)37-26(40)8-5-9-33)39-10-6-7-21(31(19)39)27-17(2)12-24-30(28(16)27)36-18(3)38(24)4/h5-8,10,12-15H,1,9,11H2,2-4H3,(H,37,40)/b8-5+. The van der Waals surface area contributed by atoms with E-state index in [2.05, 4.69) is 29.5 Å². The van der Waals surface area contributed by atoms with E-state index >= 15 is 0 Å². The number of halogens is 3. The molecule has 3 aromatic heterocycles. The molecule has 0 spiro atoms. The Bertz CT molecular complexity index is 1980. The van der Waals surface area contributed by atoms with Crippen LogP contribution in [0.5, 0.6) is 0 Å². The van der Waals surface area contributed by atoms with Crippen LogP contribution in [0.25, 0.3) is 33.3 Å². The summed E-state index contributed by atoms with van der Waals surface area (Å²) in [6.07, 6.45) is 4.66. The molecule has 0 aliphatic heterocycles. The first-order valence-corrected chi connectivity index (χ1v) is 13.5. The molecule has 6 rings (SSSR count). The first-order chi connectivity index (χ1) is 19.6. The Hall–Kier alpha value is -4.56. The molecule has 0 atom stereocenters. The number of rotatable bonds is 5. The highest BCUT2D eigenvalue weighted by Crippen LogP contribution is 2.44. The Morgan fingerprint density at radius 3 is 2.59 bits per heavy atom. The quantitative estimate of drug-likeness (QED) is 0.142. The highest BCUT2D eigenvalue weighted by atomic mass is 35.5. The lowest BCUT2D eigenvalue weighted by Crippen LogP contribution is -2.13. The second-order valence-electron chi connectivity index (χ2n) is 10.2. The van der Waals surface area contributed by atoms with E-state index in [0.717, 1.165) is 74.0 Å². The van der Waals surface area contributed by atoms with Crippen molar-refractivity contribution in [1.29, 1.82) is 0 Å². The number of hydrogen-bond donors (Lipinski definition) is 1. The van der Waals surface area contributed by atoms with Crippen LogP contribution in [0.4, 0.5) is 14.5 Å². The maximum Gasteiger partial charge on any atom is 0.248 e. The van der Waals surface area contributed by atoms with Crippen LogP contribution < -0.4 is 5.32 Å². The fourth-order valence-corrected chi connectivity index (χ4v) is 5.81. The number of nitrogens with one attached hydrogen (secondary N) is 1. The van der Waals surface area contributed by atoms with E-state index in [-0.39, 0.29) is 17.1 Å². The van der Waals surface area contributed by atoms with Crippen molar-refractivity contribution in [1.82, 2.24) is 14.0 Å². The summed E-state index contributed by atoms with van der Waals surface area (Å²) in [6.45, 7) is 8.43. The van der Waals surface area contributed by atoms with E-state index < -0.39 is 29.0 Å². The molecule has 9 heteroatoms. The Labute approximate surface area is 239 Å². The number of fused-ring (bicyclic) bond motifs is 4. The van der Waals surface area contributed by atoms with Gasteiger partial charge in [-0.25, -0.2) is 13.8 Å². The van der Waals surface area contributed by atoms with Gasteiger partial charge in [0.05, 0.1) is 22.2 Å². The molecule has 1 aliphatic rings. The van der Waals surface area contributed by atoms with Crippen LogP contribution in [0.1, 0.15) is 38.6 Å². The monoisotopic (exact) mass is 570 g/mol. The molecule has 0 unspecified atom stereocenters. The summed E-state index contributed by atoms with van der Waals surface area (Å²) in [4.78, 5) is 30.5. The molecule has 1 aliphatic carbocycles. The van der Waals surface area contributed by atoms with Gasteiger partial charge in [-0.15, -0.1) is 11.6 Å². The smallest absolute Gasteiger partial charge is 0.248 e. The number of ketones is 1. The molecular formula is C32H25ClF2N4O2. The summed E-state index contributed by atoms with van der Waals surface area (Å²) in [5.41, 5.74) is 7.91. The normalized spacial score (nSPS) is 12.8. The van der Waals surface area contributed by atoms with Gasteiger partial charge < -0.3 is 14.3 Å². The Morgan fingerprint density at radius 2 is 1.88 bits per heavy atom. The lowest BCUT2D eigenvalue weighted by molar-refractivity contribution is -0.112. The Morgan fingerprint density at radius 1 is 1.15 bits per heavy atom. The molecule has 6 nitrogen and oxygen atoms in total. The lowest BCUT2D eigenvalue weighted by atomic mass is 9.91. The largest absolute Gasteiger partial charge is 0.331 e. The number of pyridine rings is 1. The van der Waals surface area contributed by atoms with Gasteiger partial charge in [0.2, 0.25) is 11.7 Å². The third-order valence-electron chi connectivity index (χ3n) is 7.64. The molecule has 206 valence electrons. The minimum absolute atomic E-state index is 0.0758. The van der Waals surface area contributed by atoms with Crippen molar-refractivity contribution in [2.45, 2.75) is 20.3 Å². The number of anilines is 1. The molecule has 3 heterocycles. The maximum absolute atomic E-state index is 14.9. The van der Waals surface area contributed by atoms with Gasteiger partial charge in [-0.05, 0) is 72.9 Å². The van der Waals surface area contributed by atoms with E-state index in [1.807, 2.05) is 26.1 Å². The topological polar surface area (TPSA) is 68.4 Å². The van der Waals surface area contributed by atoms with Crippen LogP contribution in [0.3, 0.4) is 0 Å². The predicted molar refractivity (Wildman–Crippen MR) is 158 cm³/mol. The molecule has 41 heavy (non-hydrogen) atoms. The van der Waals surface area contributed by atoms with Gasteiger partial charge in [-0.3, -0.25) is 9.59 Å². The summed E-state index contributed by atoms with van der Waals surface area (Å²) >= 11 is 5.51. The third-order valence-corrected chi connectivity index (χ3v) is 7.81. The molecule has 0 radical (unpaired) electrons. The van der Waals surface area contributed by atoms with Crippen LogP contribution in [0.15, 0.2) is 61.3 Å². The van der Waals surface area contributed by atoms with Crippen molar-refractivity contribution in [2.24, 2.45) is 7.05 Å². The van der Waals surface area contributed by atoms with Gasteiger partial charge >= 0.3 is 0 Å². The molecule has 1 N–H and O–H groups in total. The lowest BCUT2D eigenvalue weighted by Gasteiger charge is -2.15. The molecule has 1 amide bonds. The van der Waals surface area contributed by atoms with Crippen molar-refractivity contribution in [3.8, 4) is 11.1 Å². The number of alkyl halides is 1. The fourth-order valence-electron chi connectivity index (χ4n) is 5.72. The summed E-state index contributed by atoms with van der Waals surface area (Å²) in [5, 5.41) is 2.15. The van der Waals surface area contributed by atoms with Crippen molar-refractivity contribution in [3.05, 3.63) is 107 Å². The third kappa shape index (κ3) is 4.17. The first-order valence-electron chi connectivity index (χ1n) is 13.0. The SMILES string of the molecule is C=C1Cc2cc(C(=O)c3cc(F)c(NC(=O)/C=C/CCl)c(F)c3)n3cccc(c23)-c2c(C)cc3c(nc(C)n3C)c21. The number of carbonyl (C=O) groups excluding carboxylic acids is 2. The average Bonchev–Trinajstić information content (AvgIpc) is 3.40. The number of aromatic nitrogens is 3. The molecule has 2 aromatic carbocycles. The average molecular weight is 571 g/mol. The van der Waals surface area contributed by atoms with Gasteiger partial charge in [-0.1, -0.05) is 18.7 Å². The number of aryl methyl sites for hydroxylation is 3. The summed E-state index contributed by atoms with van der Waals surface area (Å²) < 4.78 is 33.7. The Kier molecular flexibility index (Phi) is 6.38. The van der Waals surface area contributed by atoms with Crippen LogP contribution in [0, 0.1) is 25.5 Å². The zero-order chi connectivity index (χ0) is 29.2. The summed E-state index contributed by atoms with van der Waals surface area (Å²) in [5.74, 6) is -2.44. The first kappa shape index (κ1) is 26.7. The summed E-state index contributed by atoms with van der Waals surface area (Å²) in [7, 11) is 1.99. The Balaban J connectivity index is 1.48. The van der Waals surface area contributed by atoms with Crippen LogP contribution in [0.2, 0.25) is 0 Å². The highest BCUT2D eigenvalue weighted by Gasteiger charge is 2.28. The van der Waals surface area contributed by atoms with Gasteiger partial charge in [0.15, 0.2) is 0 Å². The van der Waals surface area contributed by atoms with E-state index in [4.69, 9.17) is 16.6 Å². The zero-order valence-electron chi connectivity index (χ0n) is 22.6. The number of hydrogen-bond acceptors (Lipinski definition) is 3. The summed E-state index contributed by atoms with van der Waals surface area (Å²) in [6, 6.07) is 9.59. The van der Waals surface area contributed by atoms with Crippen molar-refractivity contribution < 1.29 is 18.4 Å². The van der Waals surface area contributed by atoms with Gasteiger partial charge in [0.1, 0.15) is 23.1 Å². The number of carbonyl (C=O) groups is 2. The number of imidazole rings is 1. The van der Waals surface area contributed by atoms with E-state index in [1.54, 1.807) is 16.7 Å². The molecular weight excluding hydrogens is 546 g/mol. The van der Waals surface area contributed by atoms with E-state index in [1.165, 1.54) is 6.08 Å². The molecule has 0 saturated carbocycles. The molecule has 0 fully saturated rings. The van der Waals surface area contributed by atoms with Gasteiger partial charge in [0, 0.05) is 41.9 Å². The minimum atomic E-state index is -1.06. The number of amides is 1. The van der Waals surface area contributed by atoms with Crippen molar-refractivity contribution >= 4 is 51.1 Å². The van der Waals surface area contributed by atoms with Crippen LogP contribution in [-0.4, -0.2) is 31.5 Å². The van der Waals surface area contributed by atoms with Gasteiger partial charge in [0.25, 0.3) is 0 Å². The minimum Gasteiger partial charge on any atom is -0.331 e. The zero-order valence-corrected chi connectivity index (χ0v) is 23.4. The molecule has 0 bridgehead atoms. The van der Waals surface area contributed by atoms with Crippen LogP contribution >= 0.6 is 11.6 Å². The molecule has 0 saturated heterocycles. The van der Waals surface area contributed by atoms with E-state index in [9.17, 15) is 18.4 Å². The second-order valence-corrected chi connectivity index (χ2v) is 10.5. The van der Waals surface area contributed by atoms with Crippen molar-refractivity contribution in [2.75, 3.05) is 11.2 Å². The maximum atomic E-state index is 14.9. The highest BCUT2D eigenvalue weighted by molar-refractivity contribution is 6.19.